The summed E-state index contributed by atoms with van der Waals surface area (Å²) in [6, 6.07) is 21.0. The van der Waals surface area contributed by atoms with Gasteiger partial charge in [0.25, 0.3) is 0 Å². The minimum Gasteiger partial charge on any atom is -0.497 e. The van der Waals surface area contributed by atoms with Gasteiger partial charge in [-0.2, -0.15) is 0 Å². The third-order valence-electron chi connectivity index (χ3n) is 6.05. The fraction of sp³-hybridized carbons (Fsp3) is 0.276. The molecule has 0 N–H and O–H groups in total. The lowest BCUT2D eigenvalue weighted by atomic mass is 10.1. The van der Waals surface area contributed by atoms with Crippen LogP contribution in [-0.4, -0.2) is 19.2 Å². The van der Waals surface area contributed by atoms with Crippen LogP contribution in [-0.2, 0) is 13.1 Å². The number of benzene rings is 2. The summed E-state index contributed by atoms with van der Waals surface area (Å²) in [6.45, 7) is 7.74. The Morgan fingerprint density at radius 3 is 1.94 bits per heavy atom. The lowest BCUT2D eigenvalue weighted by Gasteiger charge is -2.27. The number of ether oxygens (including phenoxy) is 2. The van der Waals surface area contributed by atoms with Gasteiger partial charge in [0.15, 0.2) is 0 Å². The SMILES string of the molecule is C=C(C)c1cc(N(Cc2ccc(OC)cc2)Cc2ccc(OC)cc2)cc(C2=CCCC2)n1. The fourth-order valence-corrected chi connectivity index (χ4v) is 4.13. The van der Waals surface area contributed by atoms with Crippen molar-refractivity contribution >= 4 is 16.8 Å². The number of aromatic nitrogens is 1. The summed E-state index contributed by atoms with van der Waals surface area (Å²) < 4.78 is 10.7. The Kier molecular flexibility index (Phi) is 7.13. The molecule has 0 atom stereocenters. The maximum Gasteiger partial charge on any atom is 0.118 e. The van der Waals surface area contributed by atoms with E-state index in [0.29, 0.717) is 0 Å². The molecule has 0 saturated carbocycles. The normalized spacial score (nSPS) is 12.9. The Labute approximate surface area is 197 Å². The molecule has 3 aromatic rings. The van der Waals surface area contributed by atoms with Gasteiger partial charge >= 0.3 is 0 Å². The van der Waals surface area contributed by atoms with E-state index in [0.717, 1.165) is 60.1 Å². The van der Waals surface area contributed by atoms with Crippen LogP contribution in [0.3, 0.4) is 0 Å². The predicted octanol–water partition coefficient (Wildman–Crippen LogP) is 6.91. The van der Waals surface area contributed by atoms with Crippen molar-refractivity contribution in [3.8, 4) is 11.5 Å². The minimum absolute atomic E-state index is 0.772. The second-order valence-corrected chi connectivity index (χ2v) is 8.55. The number of hydrogen-bond donors (Lipinski definition) is 0. The molecule has 0 bridgehead atoms. The van der Waals surface area contributed by atoms with Gasteiger partial charge in [0.1, 0.15) is 11.5 Å². The molecule has 0 spiro atoms. The van der Waals surface area contributed by atoms with Gasteiger partial charge in [-0.3, -0.25) is 0 Å². The first kappa shape index (κ1) is 22.7. The predicted molar refractivity (Wildman–Crippen MR) is 137 cm³/mol. The minimum atomic E-state index is 0.772. The zero-order valence-electron chi connectivity index (χ0n) is 19.8. The topological polar surface area (TPSA) is 34.6 Å². The van der Waals surface area contributed by atoms with Crippen LogP contribution in [0.2, 0.25) is 0 Å². The van der Waals surface area contributed by atoms with Crippen LogP contribution >= 0.6 is 0 Å². The fourth-order valence-electron chi connectivity index (χ4n) is 4.13. The molecule has 0 amide bonds. The summed E-state index contributed by atoms with van der Waals surface area (Å²) in [5.41, 5.74) is 7.93. The third-order valence-corrected chi connectivity index (χ3v) is 6.05. The van der Waals surface area contributed by atoms with Crippen molar-refractivity contribution in [3.63, 3.8) is 0 Å². The molecule has 1 aromatic heterocycles. The summed E-state index contributed by atoms with van der Waals surface area (Å²) in [4.78, 5) is 7.33. The number of nitrogens with zero attached hydrogens (tertiary/aromatic N) is 2. The molecule has 1 aliphatic rings. The molecule has 0 radical (unpaired) electrons. The number of hydrogen-bond acceptors (Lipinski definition) is 4. The Balaban J connectivity index is 1.72. The maximum absolute atomic E-state index is 5.34. The summed E-state index contributed by atoms with van der Waals surface area (Å²) >= 11 is 0. The van der Waals surface area contributed by atoms with Crippen molar-refractivity contribution in [2.45, 2.75) is 39.3 Å². The van der Waals surface area contributed by atoms with Crippen LogP contribution in [0.1, 0.15) is 48.7 Å². The van der Waals surface area contributed by atoms with Gasteiger partial charge in [-0.1, -0.05) is 36.9 Å². The van der Waals surface area contributed by atoms with Gasteiger partial charge in [0.05, 0.1) is 25.6 Å². The van der Waals surface area contributed by atoms with Crippen molar-refractivity contribution < 1.29 is 9.47 Å². The third kappa shape index (κ3) is 5.64. The van der Waals surface area contributed by atoms with Crippen LogP contribution < -0.4 is 14.4 Å². The van der Waals surface area contributed by atoms with Gasteiger partial charge in [-0.15, -0.1) is 0 Å². The first-order valence-corrected chi connectivity index (χ1v) is 11.4. The Hall–Kier alpha value is -3.53. The molecule has 33 heavy (non-hydrogen) atoms. The first-order valence-electron chi connectivity index (χ1n) is 11.4. The lowest BCUT2D eigenvalue weighted by molar-refractivity contribution is 0.414. The molecular weight excluding hydrogens is 408 g/mol. The summed E-state index contributed by atoms with van der Waals surface area (Å²) in [6.07, 6.45) is 5.74. The van der Waals surface area contributed by atoms with E-state index < -0.39 is 0 Å². The second-order valence-electron chi connectivity index (χ2n) is 8.55. The standard InChI is InChI=1S/C29H32N2O2/c1-21(2)28-17-25(18-29(30-28)24-7-5-6-8-24)31(19-22-9-13-26(32-3)14-10-22)20-23-11-15-27(33-4)16-12-23/h7,9-18H,1,5-6,8,19-20H2,2-4H3. The number of anilines is 1. The molecule has 0 saturated heterocycles. The van der Waals surface area contributed by atoms with E-state index in [2.05, 4.69) is 54.0 Å². The van der Waals surface area contributed by atoms with E-state index in [1.165, 1.54) is 23.1 Å². The zero-order valence-corrected chi connectivity index (χ0v) is 19.8. The summed E-state index contributed by atoms with van der Waals surface area (Å²) in [5.74, 6) is 1.73. The summed E-state index contributed by atoms with van der Waals surface area (Å²) in [7, 11) is 3.39. The van der Waals surface area contributed by atoms with Crippen molar-refractivity contribution in [1.82, 2.24) is 4.98 Å². The van der Waals surface area contributed by atoms with Crippen LogP contribution in [0, 0.1) is 0 Å². The van der Waals surface area contributed by atoms with Gasteiger partial charge < -0.3 is 14.4 Å². The van der Waals surface area contributed by atoms with Gasteiger partial charge in [0, 0.05) is 18.8 Å². The molecule has 1 heterocycles. The van der Waals surface area contributed by atoms with Crippen molar-refractivity contribution in [1.29, 1.82) is 0 Å². The van der Waals surface area contributed by atoms with E-state index in [1.807, 2.05) is 31.2 Å². The second kappa shape index (κ2) is 10.4. The van der Waals surface area contributed by atoms with Crippen molar-refractivity contribution in [2.24, 2.45) is 0 Å². The van der Waals surface area contributed by atoms with Crippen molar-refractivity contribution in [3.05, 3.63) is 95.8 Å². The number of methoxy groups -OCH3 is 2. The van der Waals surface area contributed by atoms with E-state index >= 15 is 0 Å². The highest BCUT2D eigenvalue weighted by Crippen LogP contribution is 2.32. The molecule has 170 valence electrons. The molecule has 4 heteroatoms. The van der Waals surface area contributed by atoms with E-state index in [4.69, 9.17) is 14.5 Å². The lowest BCUT2D eigenvalue weighted by Crippen LogP contribution is -2.22. The molecule has 0 aliphatic heterocycles. The van der Waals surface area contributed by atoms with Gasteiger partial charge in [-0.25, -0.2) is 4.98 Å². The molecular formula is C29H32N2O2. The molecule has 0 unspecified atom stereocenters. The average molecular weight is 441 g/mol. The molecule has 0 fully saturated rings. The zero-order chi connectivity index (χ0) is 23.2. The van der Waals surface area contributed by atoms with Crippen LogP contribution in [0.25, 0.3) is 11.1 Å². The Morgan fingerprint density at radius 2 is 1.48 bits per heavy atom. The number of rotatable bonds is 9. The van der Waals surface area contributed by atoms with E-state index in [-0.39, 0.29) is 0 Å². The van der Waals surface area contributed by atoms with E-state index in [1.54, 1.807) is 14.2 Å². The maximum atomic E-state index is 5.34. The van der Waals surface area contributed by atoms with Crippen LogP contribution in [0.5, 0.6) is 11.5 Å². The van der Waals surface area contributed by atoms with Crippen LogP contribution in [0.15, 0.2) is 73.3 Å². The van der Waals surface area contributed by atoms with Crippen LogP contribution in [0.4, 0.5) is 5.69 Å². The number of pyridine rings is 1. The van der Waals surface area contributed by atoms with Crippen molar-refractivity contribution in [2.75, 3.05) is 19.1 Å². The highest BCUT2D eigenvalue weighted by atomic mass is 16.5. The molecule has 4 rings (SSSR count). The Bertz CT molecular complexity index is 1080. The molecule has 2 aromatic carbocycles. The quantitative estimate of drug-likeness (QED) is 0.362. The smallest absolute Gasteiger partial charge is 0.118 e. The van der Waals surface area contributed by atoms with Gasteiger partial charge in [0.2, 0.25) is 0 Å². The number of allylic oxidation sites excluding steroid dienone is 3. The average Bonchev–Trinajstić information content (AvgIpc) is 3.39. The van der Waals surface area contributed by atoms with Gasteiger partial charge in [-0.05, 0) is 84.9 Å². The molecule has 4 nitrogen and oxygen atoms in total. The van der Waals surface area contributed by atoms with E-state index in [9.17, 15) is 0 Å². The summed E-state index contributed by atoms with van der Waals surface area (Å²) in [5, 5.41) is 0. The molecule has 1 aliphatic carbocycles. The largest absolute Gasteiger partial charge is 0.497 e. The first-order chi connectivity index (χ1) is 16.1. The Morgan fingerprint density at radius 1 is 0.909 bits per heavy atom. The monoisotopic (exact) mass is 440 g/mol. The highest BCUT2D eigenvalue weighted by molar-refractivity contribution is 5.72. The highest BCUT2D eigenvalue weighted by Gasteiger charge is 2.16.